The molecule has 2 aliphatic heterocycles. The van der Waals surface area contributed by atoms with Crippen molar-refractivity contribution in [2.24, 2.45) is 16.3 Å². The molecule has 0 bridgehead atoms. The number of carbonyl (C=O) groups is 1. The van der Waals surface area contributed by atoms with Crippen molar-refractivity contribution in [3.63, 3.8) is 0 Å². The minimum atomic E-state index is -3.67. The summed E-state index contributed by atoms with van der Waals surface area (Å²) in [6.45, 7) is 2.57. The van der Waals surface area contributed by atoms with Gasteiger partial charge in [0, 0.05) is 45.9 Å². The van der Waals surface area contributed by atoms with Gasteiger partial charge in [-0.05, 0) is 12.8 Å². The number of hydrogen-bond acceptors (Lipinski definition) is 5. The molecule has 2 rings (SSSR count). The Balaban J connectivity index is 2.00. The van der Waals surface area contributed by atoms with Crippen molar-refractivity contribution in [1.82, 2.24) is 9.21 Å². The van der Waals surface area contributed by atoms with Crippen molar-refractivity contribution in [2.45, 2.75) is 12.8 Å². The summed E-state index contributed by atoms with van der Waals surface area (Å²) in [4.78, 5) is 14.3. The van der Waals surface area contributed by atoms with Gasteiger partial charge in [-0.3, -0.25) is 4.79 Å². The molecule has 0 radical (unpaired) electrons. The molecule has 0 unspecified atom stereocenters. The maximum Gasteiger partial charge on any atom is 0.277 e. The van der Waals surface area contributed by atoms with Crippen LogP contribution in [0.1, 0.15) is 12.8 Å². The zero-order chi connectivity index (χ0) is 14.8. The first-order chi connectivity index (χ1) is 9.39. The van der Waals surface area contributed by atoms with E-state index in [1.165, 1.54) is 4.31 Å². The third-order valence-corrected chi connectivity index (χ3v) is 5.26. The van der Waals surface area contributed by atoms with Gasteiger partial charge in [0.2, 0.25) is 5.91 Å². The molecule has 20 heavy (non-hydrogen) atoms. The smallest absolute Gasteiger partial charge is 0.277 e. The van der Waals surface area contributed by atoms with Gasteiger partial charge in [-0.15, -0.1) is 0 Å². The predicted octanol–water partition coefficient (Wildman–Crippen LogP) is -1.91. The topological polar surface area (TPSA) is 119 Å². The number of nitrogens with zero attached hydrogens (tertiary/aromatic N) is 2. The number of rotatable bonds is 3. The molecule has 0 atom stereocenters. The number of carbonyl (C=O) groups excluding carboxylic acids is 1. The second-order valence-corrected chi connectivity index (χ2v) is 6.88. The van der Waals surface area contributed by atoms with Crippen molar-refractivity contribution in [3.8, 4) is 0 Å². The standard InChI is InChI=1S/C11H22N4O4S/c12-9-11(1-7-19-8-2-11)10(16)14-3-5-15(6-4-14)20(13,17)18/h1-9,12H2,(H2,13,17,18). The highest BCUT2D eigenvalue weighted by molar-refractivity contribution is 7.86. The Hall–Kier alpha value is -0.740. The molecule has 116 valence electrons. The summed E-state index contributed by atoms with van der Waals surface area (Å²) in [7, 11) is -3.67. The van der Waals surface area contributed by atoms with Crippen molar-refractivity contribution >= 4 is 16.1 Å². The van der Waals surface area contributed by atoms with Gasteiger partial charge in [0.25, 0.3) is 10.2 Å². The second-order valence-electron chi connectivity index (χ2n) is 5.33. The number of piperazine rings is 1. The largest absolute Gasteiger partial charge is 0.381 e. The van der Waals surface area contributed by atoms with Crippen LogP contribution >= 0.6 is 0 Å². The fraction of sp³-hybridized carbons (Fsp3) is 0.909. The van der Waals surface area contributed by atoms with Gasteiger partial charge in [-0.25, -0.2) is 5.14 Å². The Labute approximate surface area is 119 Å². The first-order valence-corrected chi connectivity index (χ1v) is 8.24. The van der Waals surface area contributed by atoms with E-state index in [0.717, 1.165) is 0 Å². The maximum absolute atomic E-state index is 12.7. The van der Waals surface area contributed by atoms with Gasteiger partial charge in [-0.2, -0.15) is 12.7 Å². The molecule has 0 aromatic rings. The highest BCUT2D eigenvalue weighted by Gasteiger charge is 2.42. The van der Waals surface area contributed by atoms with Gasteiger partial charge in [0.1, 0.15) is 0 Å². The lowest BCUT2D eigenvalue weighted by Crippen LogP contribution is -2.57. The Morgan fingerprint density at radius 1 is 1.15 bits per heavy atom. The Bertz CT molecular complexity index is 453. The zero-order valence-corrected chi connectivity index (χ0v) is 12.3. The van der Waals surface area contributed by atoms with Crippen molar-refractivity contribution in [2.75, 3.05) is 45.9 Å². The molecule has 2 heterocycles. The van der Waals surface area contributed by atoms with Crippen LogP contribution in [0.2, 0.25) is 0 Å². The molecular formula is C11H22N4O4S. The van der Waals surface area contributed by atoms with Gasteiger partial charge >= 0.3 is 0 Å². The molecule has 0 spiro atoms. The van der Waals surface area contributed by atoms with E-state index in [0.29, 0.717) is 45.7 Å². The van der Waals surface area contributed by atoms with Crippen LogP contribution in [-0.4, -0.2) is 69.5 Å². The van der Waals surface area contributed by atoms with Gasteiger partial charge in [0.15, 0.2) is 0 Å². The quantitative estimate of drug-likeness (QED) is 0.630. The van der Waals surface area contributed by atoms with E-state index in [4.69, 9.17) is 15.6 Å². The van der Waals surface area contributed by atoms with Gasteiger partial charge < -0.3 is 15.4 Å². The van der Waals surface area contributed by atoms with Crippen molar-refractivity contribution < 1.29 is 17.9 Å². The highest BCUT2D eigenvalue weighted by atomic mass is 32.2. The van der Waals surface area contributed by atoms with E-state index < -0.39 is 15.6 Å². The fourth-order valence-electron chi connectivity index (χ4n) is 2.75. The molecule has 9 heteroatoms. The number of nitrogens with two attached hydrogens (primary N) is 2. The molecule has 8 nitrogen and oxygen atoms in total. The Morgan fingerprint density at radius 2 is 1.70 bits per heavy atom. The minimum absolute atomic E-state index is 0.0115. The van der Waals surface area contributed by atoms with Gasteiger partial charge in [-0.1, -0.05) is 0 Å². The molecule has 2 aliphatic rings. The number of hydrogen-bond donors (Lipinski definition) is 2. The first kappa shape index (κ1) is 15.6. The SMILES string of the molecule is NCC1(C(=O)N2CCN(S(N)(=O)=O)CC2)CCOCC1. The fourth-order valence-corrected chi connectivity index (χ4v) is 3.42. The van der Waals surface area contributed by atoms with E-state index in [-0.39, 0.29) is 19.0 Å². The third kappa shape index (κ3) is 3.12. The normalized spacial score (nSPS) is 24.6. The minimum Gasteiger partial charge on any atom is -0.381 e. The molecule has 0 saturated carbocycles. The second kappa shape index (κ2) is 5.94. The third-order valence-electron chi connectivity index (χ3n) is 4.18. The van der Waals surface area contributed by atoms with Crippen LogP contribution in [0.5, 0.6) is 0 Å². The number of ether oxygens (including phenoxy) is 1. The molecule has 0 aromatic heterocycles. The van der Waals surface area contributed by atoms with Crippen molar-refractivity contribution in [1.29, 1.82) is 0 Å². The highest BCUT2D eigenvalue weighted by Crippen LogP contribution is 2.32. The van der Waals surface area contributed by atoms with E-state index in [1.807, 2.05) is 0 Å². The van der Waals surface area contributed by atoms with E-state index in [1.54, 1.807) is 4.90 Å². The zero-order valence-electron chi connectivity index (χ0n) is 11.5. The van der Waals surface area contributed by atoms with Crippen LogP contribution in [0, 0.1) is 5.41 Å². The first-order valence-electron chi connectivity index (χ1n) is 6.74. The lowest BCUT2D eigenvalue weighted by atomic mass is 9.78. The predicted molar refractivity (Wildman–Crippen MR) is 72.8 cm³/mol. The molecule has 0 aliphatic carbocycles. The summed E-state index contributed by atoms with van der Waals surface area (Å²) in [6, 6.07) is 0. The molecule has 2 fully saturated rings. The van der Waals surface area contributed by atoms with Crippen molar-refractivity contribution in [3.05, 3.63) is 0 Å². The lowest BCUT2D eigenvalue weighted by Gasteiger charge is -2.41. The molecule has 1 amide bonds. The van der Waals surface area contributed by atoms with E-state index in [2.05, 4.69) is 0 Å². The number of amides is 1. The summed E-state index contributed by atoms with van der Waals surface area (Å²) < 4.78 is 29.0. The van der Waals surface area contributed by atoms with E-state index >= 15 is 0 Å². The van der Waals surface area contributed by atoms with E-state index in [9.17, 15) is 13.2 Å². The molecule has 4 N–H and O–H groups in total. The summed E-state index contributed by atoms with van der Waals surface area (Å²) in [5, 5.41) is 5.08. The average molecular weight is 306 g/mol. The maximum atomic E-state index is 12.7. The van der Waals surface area contributed by atoms with Crippen LogP contribution in [0.15, 0.2) is 0 Å². The van der Waals surface area contributed by atoms with Gasteiger partial charge in [0.05, 0.1) is 5.41 Å². The summed E-state index contributed by atoms with van der Waals surface area (Å²) in [5.74, 6) is 0.0115. The lowest BCUT2D eigenvalue weighted by molar-refractivity contribution is -0.148. The average Bonchev–Trinajstić information content (AvgIpc) is 2.46. The van der Waals surface area contributed by atoms with Crippen LogP contribution in [0.4, 0.5) is 0 Å². The summed E-state index contributed by atoms with van der Waals surface area (Å²) in [6.07, 6.45) is 1.25. The van der Waals surface area contributed by atoms with Crippen LogP contribution in [0.3, 0.4) is 0 Å². The molecule has 2 saturated heterocycles. The Kier molecular flexibility index (Phi) is 4.65. The molecule has 0 aromatic carbocycles. The van der Waals surface area contributed by atoms with Crippen LogP contribution in [0.25, 0.3) is 0 Å². The van der Waals surface area contributed by atoms with Crippen LogP contribution in [-0.2, 0) is 19.7 Å². The monoisotopic (exact) mass is 306 g/mol. The summed E-state index contributed by atoms with van der Waals surface area (Å²) in [5.41, 5.74) is 5.26. The molecular weight excluding hydrogens is 284 g/mol. The Morgan fingerprint density at radius 3 is 2.15 bits per heavy atom. The summed E-state index contributed by atoms with van der Waals surface area (Å²) >= 11 is 0. The van der Waals surface area contributed by atoms with Crippen LogP contribution < -0.4 is 10.9 Å².